The molecule has 0 amide bonds. The van der Waals surface area contributed by atoms with Crippen molar-refractivity contribution in [3.05, 3.63) is 58.7 Å². The molecule has 0 aliphatic rings. The molecule has 2 rings (SSSR count). The van der Waals surface area contributed by atoms with Gasteiger partial charge in [0.15, 0.2) is 0 Å². The molecular formula is C18H20N2O. The molecule has 0 aromatic heterocycles. The zero-order chi connectivity index (χ0) is 15.4. The van der Waals surface area contributed by atoms with Crippen LogP contribution in [0.15, 0.2) is 36.4 Å². The van der Waals surface area contributed by atoms with Crippen LogP contribution < -0.4 is 10.5 Å². The summed E-state index contributed by atoms with van der Waals surface area (Å²) < 4.78 is 5.85. The Morgan fingerprint density at radius 2 is 1.95 bits per heavy atom. The molecule has 0 fully saturated rings. The summed E-state index contributed by atoms with van der Waals surface area (Å²) in [4.78, 5) is 0. The Hall–Kier alpha value is -2.31. The van der Waals surface area contributed by atoms with Crippen molar-refractivity contribution in [2.75, 3.05) is 0 Å². The number of hydrogen-bond acceptors (Lipinski definition) is 3. The minimum Gasteiger partial charge on any atom is -0.456 e. The third-order valence-electron chi connectivity index (χ3n) is 3.49. The lowest BCUT2D eigenvalue weighted by molar-refractivity contribution is 0.480. The lowest BCUT2D eigenvalue weighted by Gasteiger charge is -2.13. The van der Waals surface area contributed by atoms with E-state index in [2.05, 4.69) is 32.9 Å². The van der Waals surface area contributed by atoms with Crippen LogP contribution in [0, 0.1) is 18.3 Å². The first kappa shape index (κ1) is 15.1. The van der Waals surface area contributed by atoms with Gasteiger partial charge in [-0.25, -0.2) is 0 Å². The lowest BCUT2D eigenvalue weighted by Crippen LogP contribution is -1.98. The Labute approximate surface area is 126 Å². The molecule has 3 heteroatoms. The van der Waals surface area contributed by atoms with E-state index in [9.17, 15) is 5.26 Å². The van der Waals surface area contributed by atoms with Gasteiger partial charge in [-0.15, -0.1) is 0 Å². The number of aryl methyl sites for hydroxylation is 1. The number of nitriles is 1. The summed E-state index contributed by atoms with van der Waals surface area (Å²) in [5, 5.41) is 9.22. The van der Waals surface area contributed by atoms with Gasteiger partial charge in [-0.1, -0.05) is 26.0 Å². The Balaban J connectivity index is 2.30. The quantitative estimate of drug-likeness (QED) is 0.911. The fourth-order valence-corrected chi connectivity index (χ4v) is 2.37. The molecule has 108 valence electrons. The molecule has 0 saturated carbocycles. The summed E-state index contributed by atoms with van der Waals surface area (Å²) in [6.07, 6.45) is 0. The van der Waals surface area contributed by atoms with E-state index in [4.69, 9.17) is 10.5 Å². The zero-order valence-corrected chi connectivity index (χ0v) is 12.7. The zero-order valence-electron chi connectivity index (χ0n) is 12.7. The van der Waals surface area contributed by atoms with Gasteiger partial charge >= 0.3 is 0 Å². The molecule has 2 aromatic rings. The SMILES string of the molecule is Cc1cc(Oc2ccc(CN)cc2C#N)ccc1C(C)C. The molecule has 0 aliphatic carbocycles. The van der Waals surface area contributed by atoms with E-state index in [1.54, 1.807) is 12.1 Å². The summed E-state index contributed by atoms with van der Waals surface area (Å²) >= 11 is 0. The molecular weight excluding hydrogens is 260 g/mol. The summed E-state index contributed by atoms with van der Waals surface area (Å²) in [7, 11) is 0. The summed E-state index contributed by atoms with van der Waals surface area (Å²) in [6.45, 7) is 6.83. The molecule has 0 unspecified atom stereocenters. The smallest absolute Gasteiger partial charge is 0.145 e. The highest BCUT2D eigenvalue weighted by atomic mass is 16.5. The van der Waals surface area contributed by atoms with E-state index in [0.717, 1.165) is 11.3 Å². The molecule has 0 atom stereocenters. The first-order chi connectivity index (χ1) is 10.0. The Kier molecular flexibility index (Phi) is 4.62. The van der Waals surface area contributed by atoms with Crippen LogP contribution in [0.1, 0.15) is 42.0 Å². The van der Waals surface area contributed by atoms with Crippen LogP contribution in [0.25, 0.3) is 0 Å². The number of nitrogens with zero attached hydrogens (tertiary/aromatic N) is 1. The van der Waals surface area contributed by atoms with E-state index < -0.39 is 0 Å². The van der Waals surface area contributed by atoms with Crippen LogP contribution in [0.5, 0.6) is 11.5 Å². The summed E-state index contributed by atoms with van der Waals surface area (Å²) in [5.74, 6) is 1.79. The molecule has 2 aromatic carbocycles. The molecule has 0 heterocycles. The van der Waals surface area contributed by atoms with Crippen LogP contribution in [-0.4, -0.2) is 0 Å². The predicted molar refractivity (Wildman–Crippen MR) is 84.4 cm³/mol. The normalized spacial score (nSPS) is 10.5. The van der Waals surface area contributed by atoms with Crippen molar-refractivity contribution in [3.63, 3.8) is 0 Å². The second kappa shape index (κ2) is 6.43. The summed E-state index contributed by atoms with van der Waals surface area (Å²) in [6, 6.07) is 13.6. The third-order valence-corrected chi connectivity index (χ3v) is 3.49. The van der Waals surface area contributed by atoms with Crippen molar-refractivity contribution in [1.29, 1.82) is 5.26 Å². The second-order valence-corrected chi connectivity index (χ2v) is 5.42. The van der Waals surface area contributed by atoms with Gasteiger partial charge in [-0.3, -0.25) is 0 Å². The van der Waals surface area contributed by atoms with Crippen molar-refractivity contribution in [2.45, 2.75) is 33.2 Å². The molecule has 2 N–H and O–H groups in total. The van der Waals surface area contributed by atoms with Crippen molar-refractivity contribution in [1.82, 2.24) is 0 Å². The fourth-order valence-electron chi connectivity index (χ4n) is 2.37. The minimum absolute atomic E-state index is 0.414. The number of nitrogens with two attached hydrogens (primary N) is 1. The average molecular weight is 280 g/mol. The van der Waals surface area contributed by atoms with Crippen molar-refractivity contribution in [3.8, 4) is 17.6 Å². The molecule has 0 radical (unpaired) electrons. The first-order valence-electron chi connectivity index (χ1n) is 7.06. The lowest BCUT2D eigenvalue weighted by atomic mass is 9.98. The molecule has 21 heavy (non-hydrogen) atoms. The van der Waals surface area contributed by atoms with E-state index >= 15 is 0 Å². The van der Waals surface area contributed by atoms with Crippen molar-refractivity contribution in [2.24, 2.45) is 5.73 Å². The molecule has 0 spiro atoms. The minimum atomic E-state index is 0.414. The highest BCUT2D eigenvalue weighted by molar-refractivity contribution is 5.48. The standard InChI is InChI=1S/C18H20N2O/c1-12(2)17-6-5-16(8-13(17)3)21-18-7-4-14(10-19)9-15(18)11-20/h4-9,12H,10,19H2,1-3H3. The first-order valence-corrected chi connectivity index (χ1v) is 7.06. The van der Waals surface area contributed by atoms with Gasteiger partial charge in [0.1, 0.15) is 17.6 Å². The van der Waals surface area contributed by atoms with Crippen LogP contribution in [-0.2, 0) is 6.54 Å². The Morgan fingerprint density at radius 1 is 1.19 bits per heavy atom. The van der Waals surface area contributed by atoms with Gasteiger partial charge in [0, 0.05) is 6.54 Å². The van der Waals surface area contributed by atoms with Crippen LogP contribution in [0.3, 0.4) is 0 Å². The Morgan fingerprint density at radius 3 is 2.52 bits per heavy atom. The van der Waals surface area contributed by atoms with E-state index in [1.165, 1.54) is 11.1 Å². The van der Waals surface area contributed by atoms with Gasteiger partial charge in [0.25, 0.3) is 0 Å². The average Bonchev–Trinajstić information content (AvgIpc) is 2.47. The van der Waals surface area contributed by atoms with Gasteiger partial charge in [-0.2, -0.15) is 5.26 Å². The molecule has 0 bridgehead atoms. The highest BCUT2D eigenvalue weighted by Crippen LogP contribution is 2.29. The van der Waals surface area contributed by atoms with Gasteiger partial charge in [0.05, 0.1) is 5.56 Å². The predicted octanol–water partition coefficient (Wildman–Crippen LogP) is 4.24. The van der Waals surface area contributed by atoms with Crippen LogP contribution >= 0.6 is 0 Å². The number of ether oxygens (including phenoxy) is 1. The van der Waals surface area contributed by atoms with Crippen LogP contribution in [0.4, 0.5) is 0 Å². The van der Waals surface area contributed by atoms with Crippen molar-refractivity contribution < 1.29 is 4.74 Å². The van der Waals surface area contributed by atoms with Crippen molar-refractivity contribution >= 4 is 0 Å². The maximum absolute atomic E-state index is 9.22. The van der Waals surface area contributed by atoms with E-state index in [1.807, 2.05) is 18.2 Å². The number of benzene rings is 2. The van der Waals surface area contributed by atoms with Crippen LogP contribution in [0.2, 0.25) is 0 Å². The Bertz CT molecular complexity index is 684. The van der Waals surface area contributed by atoms with E-state index in [0.29, 0.717) is 23.8 Å². The molecule has 0 aliphatic heterocycles. The monoisotopic (exact) mass is 280 g/mol. The van der Waals surface area contributed by atoms with Gasteiger partial charge in [0.2, 0.25) is 0 Å². The molecule has 0 saturated heterocycles. The highest BCUT2D eigenvalue weighted by Gasteiger charge is 2.08. The molecule has 3 nitrogen and oxygen atoms in total. The maximum atomic E-state index is 9.22. The maximum Gasteiger partial charge on any atom is 0.145 e. The third kappa shape index (κ3) is 3.42. The summed E-state index contributed by atoms with van der Waals surface area (Å²) in [5.41, 5.74) is 9.52. The number of hydrogen-bond donors (Lipinski definition) is 1. The largest absolute Gasteiger partial charge is 0.456 e. The second-order valence-electron chi connectivity index (χ2n) is 5.42. The van der Waals surface area contributed by atoms with Gasteiger partial charge < -0.3 is 10.5 Å². The van der Waals surface area contributed by atoms with E-state index in [-0.39, 0.29) is 0 Å². The fraction of sp³-hybridized carbons (Fsp3) is 0.278. The van der Waals surface area contributed by atoms with Gasteiger partial charge in [-0.05, 0) is 53.8 Å². The number of rotatable bonds is 4. The topological polar surface area (TPSA) is 59.0 Å².